The Bertz CT molecular complexity index is 635. The Morgan fingerprint density at radius 1 is 1.35 bits per heavy atom. The Labute approximate surface area is 117 Å². The number of rotatable bonds is 1. The molecule has 0 radical (unpaired) electrons. The van der Waals surface area contributed by atoms with E-state index in [0.29, 0.717) is 29.7 Å². The second-order valence-electron chi connectivity index (χ2n) is 6.04. The van der Waals surface area contributed by atoms with Gasteiger partial charge in [0.1, 0.15) is 5.75 Å². The maximum Gasteiger partial charge on any atom is 0.173 e. The Hall–Kier alpha value is -1.68. The van der Waals surface area contributed by atoms with Crippen LogP contribution in [-0.2, 0) is 4.74 Å². The lowest BCUT2D eigenvalue weighted by molar-refractivity contribution is -0.0654. The van der Waals surface area contributed by atoms with Gasteiger partial charge in [0, 0.05) is 11.5 Å². The number of ketones is 2. The van der Waals surface area contributed by atoms with Gasteiger partial charge in [0.05, 0.1) is 30.3 Å². The van der Waals surface area contributed by atoms with E-state index in [0.717, 1.165) is 0 Å². The van der Waals surface area contributed by atoms with Crippen molar-refractivity contribution in [1.82, 2.24) is 0 Å². The summed E-state index contributed by atoms with van der Waals surface area (Å²) in [5.41, 5.74) is 0.372. The van der Waals surface area contributed by atoms with E-state index in [1.165, 1.54) is 7.11 Å². The van der Waals surface area contributed by atoms with Crippen molar-refractivity contribution < 1.29 is 19.1 Å². The van der Waals surface area contributed by atoms with Crippen LogP contribution < -0.4 is 4.74 Å². The predicted molar refractivity (Wildman–Crippen MR) is 71.1 cm³/mol. The summed E-state index contributed by atoms with van der Waals surface area (Å²) in [4.78, 5) is 25.7. The van der Waals surface area contributed by atoms with E-state index in [1.807, 2.05) is 6.92 Å². The number of Topliss-reactive ketones (excluding diaryl/α,β-unsaturated/α-hetero) is 2. The van der Waals surface area contributed by atoms with Crippen LogP contribution in [0.25, 0.3) is 0 Å². The van der Waals surface area contributed by atoms with Crippen molar-refractivity contribution >= 4 is 11.6 Å². The maximum absolute atomic E-state index is 13.0. The van der Waals surface area contributed by atoms with E-state index >= 15 is 0 Å². The second kappa shape index (κ2) is 3.70. The first-order valence-corrected chi connectivity index (χ1v) is 7.01. The molecular weight excluding hydrogens is 256 g/mol. The average Bonchev–Trinajstić information content (AvgIpc) is 2.68. The van der Waals surface area contributed by atoms with E-state index in [-0.39, 0.29) is 29.7 Å². The normalized spacial score (nSPS) is 37.8. The van der Waals surface area contributed by atoms with Crippen LogP contribution in [0.2, 0.25) is 0 Å². The third-order valence-corrected chi connectivity index (χ3v) is 5.14. The lowest BCUT2D eigenvalue weighted by Crippen LogP contribution is -2.61. The van der Waals surface area contributed by atoms with E-state index in [9.17, 15) is 9.59 Å². The van der Waals surface area contributed by atoms with Crippen molar-refractivity contribution in [3.05, 3.63) is 29.3 Å². The van der Waals surface area contributed by atoms with Gasteiger partial charge in [0.25, 0.3) is 0 Å². The fourth-order valence-corrected chi connectivity index (χ4v) is 4.26. The minimum absolute atomic E-state index is 0.0472. The SMILES string of the molecule is COc1cccc2c1C(=O)[C@H]1C[C@H]3O[C@@H](C)C[C@]13C2=O. The average molecular weight is 272 g/mol. The van der Waals surface area contributed by atoms with Crippen LogP contribution in [0, 0.1) is 11.3 Å². The number of benzene rings is 1. The third kappa shape index (κ3) is 1.17. The molecular formula is C16H16O4. The van der Waals surface area contributed by atoms with Gasteiger partial charge in [-0.05, 0) is 25.8 Å². The summed E-state index contributed by atoms with van der Waals surface area (Å²) in [6.45, 7) is 1.98. The molecule has 4 atom stereocenters. The van der Waals surface area contributed by atoms with Crippen LogP contribution in [0.5, 0.6) is 5.75 Å². The van der Waals surface area contributed by atoms with E-state index in [4.69, 9.17) is 9.47 Å². The fraction of sp³-hybridized carbons (Fsp3) is 0.500. The molecule has 2 fully saturated rings. The zero-order valence-corrected chi connectivity index (χ0v) is 11.5. The van der Waals surface area contributed by atoms with Gasteiger partial charge in [0.2, 0.25) is 0 Å². The van der Waals surface area contributed by atoms with Gasteiger partial charge in [-0.15, -0.1) is 0 Å². The summed E-state index contributed by atoms with van der Waals surface area (Å²) in [5.74, 6) is 0.391. The van der Waals surface area contributed by atoms with Crippen molar-refractivity contribution in [3.8, 4) is 5.75 Å². The quantitative estimate of drug-likeness (QED) is 0.787. The number of methoxy groups -OCH3 is 1. The summed E-state index contributed by atoms with van der Waals surface area (Å²) in [7, 11) is 1.53. The highest BCUT2D eigenvalue weighted by Crippen LogP contribution is 2.62. The summed E-state index contributed by atoms with van der Waals surface area (Å²) in [6, 6.07) is 5.25. The standard InChI is InChI=1S/C16H16O4/c1-8-7-16-10(6-12(16)20-8)14(17)13-9(15(16)18)4-3-5-11(13)19-2/h3-5,8,10,12H,6-7H2,1-2H3/t8-,10+,12+,16-/m0/s1. The Morgan fingerprint density at radius 2 is 2.15 bits per heavy atom. The molecule has 0 unspecified atom stereocenters. The summed E-state index contributed by atoms with van der Waals surface area (Å²) < 4.78 is 11.1. The molecule has 0 N–H and O–H groups in total. The minimum Gasteiger partial charge on any atom is -0.496 e. The van der Waals surface area contributed by atoms with Crippen molar-refractivity contribution in [1.29, 1.82) is 0 Å². The zero-order chi connectivity index (χ0) is 14.1. The van der Waals surface area contributed by atoms with Gasteiger partial charge in [-0.25, -0.2) is 0 Å². The maximum atomic E-state index is 13.0. The molecule has 2 aliphatic carbocycles. The fourth-order valence-electron chi connectivity index (χ4n) is 4.26. The zero-order valence-electron chi connectivity index (χ0n) is 11.5. The molecule has 1 spiro atoms. The van der Waals surface area contributed by atoms with Crippen molar-refractivity contribution in [2.24, 2.45) is 11.3 Å². The Kier molecular flexibility index (Phi) is 2.24. The predicted octanol–water partition coefficient (Wildman–Crippen LogP) is 2.26. The van der Waals surface area contributed by atoms with E-state index in [1.54, 1.807) is 18.2 Å². The van der Waals surface area contributed by atoms with Crippen LogP contribution in [0.1, 0.15) is 40.5 Å². The molecule has 4 rings (SSSR count). The molecule has 0 bridgehead atoms. The van der Waals surface area contributed by atoms with Crippen LogP contribution in [0.15, 0.2) is 18.2 Å². The van der Waals surface area contributed by atoms with E-state index < -0.39 is 5.41 Å². The molecule has 1 heterocycles. The molecule has 104 valence electrons. The highest BCUT2D eigenvalue weighted by molar-refractivity contribution is 6.20. The molecule has 4 nitrogen and oxygen atoms in total. The molecule has 1 aliphatic heterocycles. The number of hydrogen-bond donors (Lipinski definition) is 0. The number of carbonyl (C=O) groups is 2. The number of fused-ring (bicyclic) bond motifs is 1. The van der Waals surface area contributed by atoms with Gasteiger partial charge in [-0.3, -0.25) is 9.59 Å². The van der Waals surface area contributed by atoms with Gasteiger partial charge in [-0.2, -0.15) is 0 Å². The monoisotopic (exact) mass is 272 g/mol. The van der Waals surface area contributed by atoms with Crippen molar-refractivity contribution in [3.63, 3.8) is 0 Å². The lowest BCUT2D eigenvalue weighted by atomic mass is 9.49. The second-order valence-corrected chi connectivity index (χ2v) is 6.04. The number of ether oxygens (including phenoxy) is 2. The first-order valence-electron chi connectivity index (χ1n) is 7.01. The first kappa shape index (κ1) is 12.1. The summed E-state index contributed by atoms with van der Waals surface area (Å²) in [6.07, 6.45) is 1.28. The van der Waals surface area contributed by atoms with Crippen LogP contribution >= 0.6 is 0 Å². The number of hydrogen-bond acceptors (Lipinski definition) is 4. The lowest BCUT2D eigenvalue weighted by Gasteiger charge is -2.51. The third-order valence-electron chi connectivity index (χ3n) is 5.14. The van der Waals surface area contributed by atoms with Crippen LogP contribution in [0.3, 0.4) is 0 Å². The molecule has 0 amide bonds. The molecule has 1 aromatic rings. The smallest absolute Gasteiger partial charge is 0.173 e. The summed E-state index contributed by atoms with van der Waals surface area (Å²) >= 11 is 0. The topological polar surface area (TPSA) is 52.6 Å². The molecule has 3 aliphatic rings. The highest BCUT2D eigenvalue weighted by Gasteiger charge is 2.69. The van der Waals surface area contributed by atoms with Crippen molar-refractivity contribution in [2.75, 3.05) is 7.11 Å². The van der Waals surface area contributed by atoms with E-state index in [2.05, 4.69) is 0 Å². The molecule has 1 saturated heterocycles. The molecule has 4 heteroatoms. The van der Waals surface area contributed by atoms with Crippen LogP contribution in [-0.4, -0.2) is 30.9 Å². The largest absolute Gasteiger partial charge is 0.496 e. The highest BCUT2D eigenvalue weighted by atomic mass is 16.5. The van der Waals surface area contributed by atoms with Gasteiger partial charge in [0.15, 0.2) is 11.6 Å². The van der Waals surface area contributed by atoms with Gasteiger partial charge in [-0.1, -0.05) is 12.1 Å². The molecule has 0 aromatic heterocycles. The van der Waals surface area contributed by atoms with Gasteiger partial charge < -0.3 is 9.47 Å². The Balaban J connectivity index is 1.92. The first-order chi connectivity index (χ1) is 9.59. The summed E-state index contributed by atoms with van der Waals surface area (Å²) in [5, 5.41) is 0. The van der Waals surface area contributed by atoms with Crippen molar-refractivity contribution in [2.45, 2.75) is 32.0 Å². The molecule has 1 aromatic carbocycles. The van der Waals surface area contributed by atoms with Gasteiger partial charge >= 0.3 is 0 Å². The number of carbonyl (C=O) groups excluding carboxylic acids is 2. The Morgan fingerprint density at radius 3 is 2.85 bits per heavy atom. The molecule has 1 saturated carbocycles. The minimum atomic E-state index is -0.601. The van der Waals surface area contributed by atoms with Crippen LogP contribution in [0.4, 0.5) is 0 Å². The molecule has 20 heavy (non-hydrogen) atoms.